The fourth-order valence-electron chi connectivity index (χ4n) is 1.17. The lowest BCUT2D eigenvalue weighted by molar-refractivity contribution is 1.17. The summed E-state index contributed by atoms with van der Waals surface area (Å²) in [5, 5.41) is 0. The van der Waals surface area contributed by atoms with Gasteiger partial charge >= 0.3 is 0 Å². The number of nitrogens with zero attached hydrogens (tertiary/aromatic N) is 1. The molecule has 1 aromatic carbocycles. The minimum atomic E-state index is 0.934. The second-order valence-electron chi connectivity index (χ2n) is 2.61. The van der Waals surface area contributed by atoms with Crippen molar-refractivity contribution in [2.24, 2.45) is 0 Å². The molecule has 1 N–H and O–H groups in total. The Morgan fingerprint density at radius 2 is 2.08 bits per heavy atom. The number of nitrogens with one attached hydrogen (secondary N) is 1. The maximum absolute atomic E-state index is 4.33. The Hall–Kier alpha value is -0.350. The second kappa shape index (κ2) is 2.85. The molecule has 0 saturated carbocycles. The Morgan fingerprint density at radius 1 is 1.33 bits per heavy atom. The first-order valence-corrected chi connectivity index (χ1v) is 5.07. The van der Waals surface area contributed by atoms with Crippen LogP contribution in [0.3, 0.4) is 0 Å². The van der Waals surface area contributed by atoms with Crippen molar-refractivity contribution in [3.8, 4) is 0 Å². The highest BCUT2D eigenvalue weighted by Crippen LogP contribution is 2.26. The van der Waals surface area contributed by atoms with Crippen LogP contribution in [-0.2, 0) is 0 Å². The minimum absolute atomic E-state index is 0.934. The van der Waals surface area contributed by atoms with E-state index in [1.54, 1.807) is 0 Å². The van der Waals surface area contributed by atoms with Gasteiger partial charge in [0.05, 0.1) is 5.52 Å². The fraction of sp³-hybridized carbons (Fsp3) is 0.125. The van der Waals surface area contributed by atoms with Crippen molar-refractivity contribution in [1.82, 2.24) is 9.97 Å². The number of fused-ring (bicyclic) bond motifs is 1. The van der Waals surface area contributed by atoms with Crippen molar-refractivity contribution in [1.29, 1.82) is 0 Å². The number of imidazole rings is 1. The molecule has 2 rings (SSSR count). The molecule has 2 aromatic rings. The molecular weight excluding hydrogens is 284 g/mol. The zero-order valence-electron chi connectivity index (χ0n) is 6.36. The van der Waals surface area contributed by atoms with E-state index in [9.17, 15) is 0 Å². The predicted molar refractivity (Wildman–Crippen MR) is 56.2 cm³/mol. The molecule has 1 heterocycles. The van der Waals surface area contributed by atoms with Crippen LogP contribution in [-0.4, -0.2) is 9.97 Å². The first kappa shape index (κ1) is 8.26. The molecule has 0 fully saturated rings. The van der Waals surface area contributed by atoms with Crippen molar-refractivity contribution in [3.05, 3.63) is 26.9 Å². The number of benzene rings is 1. The largest absolute Gasteiger partial charge is 0.342 e. The number of aryl methyl sites for hydroxylation is 1. The molecule has 1 aromatic heterocycles. The van der Waals surface area contributed by atoms with E-state index in [-0.39, 0.29) is 0 Å². The van der Waals surface area contributed by atoms with Gasteiger partial charge in [-0.3, -0.25) is 0 Å². The van der Waals surface area contributed by atoms with E-state index in [1.807, 2.05) is 19.1 Å². The molecule has 0 atom stereocenters. The van der Waals surface area contributed by atoms with E-state index in [2.05, 4.69) is 41.8 Å². The molecule has 4 heteroatoms. The molecule has 62 valence electrons. The number of rotatable bonds is 0. The first-order valence-electron chi connectivity index (χ1n) is 3.48. The summed E-state index contributed by atoms with van der Waals surface area (Å²) in [7, 11) is 0. The van der Waals surface area contributed by atoms with Crippen LogP contribution >= 0.6 is 31.9 Å². The quantitative estimate of drug-likeness (QED) is 0.791. The third-order valence-corrected chi connectivity index (χ3v) is 2.69. The monoisotopic (exact) mass is 288 g/mol. The lowest BCUT2D eigenvalue weighted by atomic mass is 10.3. The Bertz CT molecular complexity index is 434. The molecular formula is C8H6Br2N2. The van der Waals surface area contributed by atoms with Gasteiger partial charge in [0, 0.05) is 8.95 Å². The second-order valence-corrected chi connectivity index (χ2v) is 4.38. The standard InChI is InChI=1S/C8H6Br2N2/c1-4-11-7-3-5(9)2-6(10)8(7)12-4/h2-3H,1H3,(H,11,12). The Kier molecular flexibility index (Phi) is 1.96. The normalized spacial score (nSPS) is 10.9. The summed E-state index contributed by atoms with van der Waals surface area (Å²) in [6.45, 7) is 1.94. The van der Waals surface area contributed by atoms with Gasteiger partial charge in [0.1, 0.15) is 11.3 Å². The average molecular weight is 290 g/mol. The van der Waals surface area contributed by atoms with E-state index in [4.69, 9.17) is 0 Å². The fourth-order valence-corrected chi connectivity index (χ4v) is 2.48. The summed E-state index contributed by atoms with van der Waals surface area (Å²) in [4.78, 5) is 7.50. The number of hydrogen-bond donors (Lipinski definition) is 1. The van der Waals surface area contributed by atoms with E-state index in [0.717, 1.165) is 25.8 Å². The van der Waals surface area contributed by atoms with E-state index < -0.39 is 0 Å². The van der Waals surface area contributed by atoms with Crippen molar-refractivity contribution in [2.75, 3.05) is 0 Å². The minimum Gasteiger partial charge on any atom is -0.342 e. The maximum Gasteiger partial charge on any atom is 0.104 e. The van der Waals surface area contributed by atoms with Crippen molar-refractivity contribution >= 4 is 42.9 Å². The summed E-state index contributed by atoms with van der Waals surface area (Å²) < 4.78 is 2.06. The molecule has 12 heavy (non-hydrogen) atoms. The number of H-pyrrole nitrogens is 1. The number of aromatic nitrogens is 2. The third kappa shape index (κ3) is 1.29. The molecule has 2 nitrogen and oxygen atoms in total. The molecule has 0 aliphatic heterocycles. The molecule has 0 radical (unpaired) electrons. The zero-order valence-corrected chi connectivity index (χ0v) is 9.53. The van der Waals surface area contributed by atoms with Gasteiger partial charge in [-0.25, -0.2) is 4.98 Å². The van der Waals surface area contributed by atoms with Crippen molar-refractivity contribution in [3.63, 3.8) is 0 Å². The van der Waals surface area contributed by atoms with Crippen molar-refractivity contribution in [2.45, 2.75) is 6.92 Å². The first-order chi connectivity index (χ1) is 5.66. The Morgan fingerprint density at radius 3 is 2.83 bits per heavy atom. The highest BCUT2D eigenvalue weighted by Gasteiger charge is 2.04. The number of halogens is 2. The summed E-state index contributed by atoms with van der Waals surface area (Å²) >= 11 is 6.86. The molecule has 0 saturated heterocycles. The van der Waals surface area contributed by atoms with Gasteiger partial charge in [-0.2, -0.15) is 0 Å². The molecule has 0 aliphatic rings. The smallest absolute Gasteiger partial charge is 0.104 e. The molecule has 0 amide bonds. The Labute approximate surface area is 86.6 Å². The maximum atomic E-state index is 4.33. The van der Waals surface area contributed by atoms with Gasteiger partial charge in [-0.1, -0.05) is 15.9 Å². The van der Waals surface area contributed by atoms with Gasteiger partial charge < -0.3 is 4.98 Å². The highest BCUT2D eigenvalue weighted by atomic mass is 79.9. The predicted octanol–water partition coefficient (Wildman–Crippen LogP) is 3.40. The molecule has 0 aliphatic carbocycles. The van der Waals surface area contributed by atoms with Crippen LogP contribution in [0.1, 0.15) is 5.82 Å². The van der Waals surface area contributed by atoms with E-state index >= 15 is 0 Å². The van der Waals surface area contributed by atoms with Crippen LogP contribution in [0, 0.1) is 6.92 Å². The molecule has 0 bridgehead atoms. The number of hydrogen-bond acceptors (Lipinski definition) is 1. The van der Waals surface area contributed by atoms with Gasteiger partial charge in [-0.05, 0) is 35.0 Å². The van der Waals surface area contributed by atoms with Crippen molar-refractivity contribution < 1.29 is 0 Å². The van der Waals surface area contributed by atoms with Crippen LogP contribution < -0.4 is 0 Å². The van der Waals surface area contributed by atoms with Gasteiger partial charge in [0.2, 0.25) is 0 Å². The lowest BCUT2D eigenvalue weighted by Crippen LogP contribution is -1.72. The van der Waals surface area contributed by atoms with Crippen LogP contribution in [0.5, 0.6) is 0 Å². The SMILES string of the molecule is Cc1nc2c(Br)cc(Br)cc2[nH]1. The molecule has 0 spiro atoms. The van der Waals surface area contributed by atoms with E-state index in [1.165, 1.54) is 0 Å². The molecule has 0 unspecified atom stereocenters. The number of aromatic amines is 1. The summed E-state index contributed by atoms with van der Waals surface area (Å²) in [5.41, 5.74) is 2.03. The summed E-state index contributed by atoms with van der Waals surface area (Å²) in [6.07, 6.45) is 0. The van der Waals surface area contributed by atoms with E-state index in [0.29, 0.717) is 0 Å². The lowest BCUT2D eigenvalue weighted by Gasteiger charge is -1.93. The van der Waals surface area contributed by atoms with Crippen LogP contribution in [0.2, 0.25) is 0 Å². The topological polar surface area (TPSA) is 28.7 Å². The van der Waals surface area contributed by atoms with Crippen LogP contribution in [0.15, 0.2) is 21.1 Å². The van der Waals surface area contributed by atoms with Gasteiger partial charge in [0.25, 0.3) is 0 Å². The summed E-state index contributed by atoms with van der Waals surface area (Å²) in [5.74, 6) is 0.934. The zero-order chi connectivity index (χ0) is 8.72. The van der Waals surface area contributed by atoms with Crippen LogP contribution in [0.25, 0.3) is 11.0 Å². The van der Waals surface area contributed by atoms with Gasteiger partial charge in [-0.15, -0.1) is 0 Å². The average Bonchev–Trinajstić information content (AvgIpc) is 2.29. The highest BCUT2D eigenvalue weighted by molar-refractivity contribution is 9.11. The third-order valence-electron chi connectivity index (χ3n) is 1.62. The Balaban J connectivity index is 2.88. The van der Waals surface area contributed by atoms with Crippen LogP contribution in [0.4, 0.5) is 0 Å². The van der Waals surface area contributed by atoms with Gasteiger partial charge in [0.15, 0.2) is 0 Å². The summed E-state index contributed by atoms with van der Waals surface area (Å²) in [6, 6.07) is 4.00.